The molecule has 1 atom stereocenters. The van der Waals surface area contributed by atoms with Gasteiger partial charge in [-0.15, -0.1) is 0 Å². The summed E-state index contributed by atoms with van der Waals surface area (Å²) in [6.45, 7) is 2.10. The van der Waals surface area contributed by atoms with Crippen LogP contribution < -0.4 is 5.32 Å². The van der Waals surface area contributed by atoms with Gasteiger partial charge in [0.1, 0.15) is 5.82 Å². The van der Waals surface area contributed by atoms with E-state index in [9.17, 15) is 9.50 Å². The zero-order chi connectivity index (χ0) is 13.7. The topological polar surface area (TPSA) is 41.5 Å². The molecule has 0 bridgehead atoms. The summed E-state index contributed by atoms with van der Waals surface area (Å²) in [4.78, 5) is 0. The van der Waals surface area contributed by atoms with Crippen molar-refractivity contribution in [2.24, 2.45) is 5.92 Å². The number of halogens is 2. The molecule has 0 saturated heterocycles. The molecule has 0 amide bonds. The number of hydrogen-bond acceptors (Lipinski definition) is 3. The van der Waals surface area contributed by atoms with E-state index in [0.717, 1.165) is 12.2 Å². The average molecular weight is 332 g/mol. The standard InChI is InChI=1S/C14H19BrFNO2/c15-13-4-3-11(5-14(13)16)6-17-7-12(18)9-19-8-10-1-2-10/h3-5,10,12,17-18H,1-2,6-9H2. The molecule has 19 heavy (non-hydrogen) atoms. The Bertz CT molecular complexity index is 412. The maximum atomic E-state index is 13.3. The van der Waals surface area contributed by atoms with E-state index in [2.05, 4.69) is 21.2 Å². The Morgan fingerprint density at radius 3 is 2.95 bits per heavy atom. The van der Waals surface area contributed by atoms with Crippen LogP contribution >= 0.6 is 15.9 Å². The number of aliphatic hydroxyl groups excluding tert-OH is 1. The van der Waals surface area contributed by atoms with E-state index in [0.29, 0.717) is 30.1 Å². The lowest BCUT2D eigenvalue weighted by atomic mass is 10.2. The van der Waals surface area contributed by atoms with Crippen LogP contribution in [0.4, 0.5) is 4.39 Å². The molecule has 0 aliphatic heterocycles. The Hall–Kier alpha value is -0.490. The smallest absolute Gasteiger partial charge is 0.137 e. The van der Waals surface area contributed by atoms with Gasteiger partial charge in [0.25, 0.3) is 0 Å². The molecule has 2 rings (SSSR count). The van der Waals surface area contributed by atoms with Crippen LogP contribution in [0.3, 0.4) is 0 Å². The molecule has 106 valence electrons. The van der Waals surface area contributed by atoms with Crippen molar-refractivity contribution in [3.63, 3.8) is 0 Å². The first kappa shape index (κ1) is 14.9. The Morgan fingerprint density at radius 1 is 1.47 bits per heavy atom. The molecule has 3 nitrogen and oxygen atoms in total. The van der Waals surface area contributed by atoms with Gasteiger partial charge in [-0.25, -0.2) is 4.39 Å². The monoisotopic (exact) mass is 331 g/mol. The van der Waals surface area contributed by atoms with E-state index in [4.69, 9.17) is 4.74 Å². The summed E-state index contributed by atoms with van der Waals surface area (Å²) in [6.07, 6.45) is 1.99. The predicted molar refractivity (Wildman–Crippen MR) is 75.4 cm³/mol. The summed E-state index contributed by atoms with van der Waals surface area (Å²) < 4.78 is 19.1. The van der Waals surface area contributed by atoms with E-state index >= 15 is 0 Å². The van der Waals surface area contributed by atoms with Crippen molar-refractivity contribution in [1.29, 1.82) is 0 Å². The van der Waals surface area contributed by atoms with Crippen LogP contribution in [-0.4, -0.2) is 31.0 Å². The van der Waals surface area contributed by atoms with Gasteiger partial charge in [0.2, 0.25) is 0 Å². The van der Waals surface area contributed by atoms with Crippen LogP contribution in [0.2, 0.25) is 0 Å². The molecule has 2 N–H and O–H groups in total. The minimum Gasteiger partial charge on any atom is -0.389 e. The highest BCUT2D eigenvalue weighted by molar-refractivity contribution is 9.10. The third kappa shape index (κ3) is 5.57. The second kappa shape index (κ2) is 7.33. The molecule has 1 aromatic carbocycles. The van der Waals surface area contributed by atoms with Gasteiger partial charge < -0.3 is 15.2 Å². The molecule has 0 heterocycles. The van der Waals surface area contributed by atoms with Crippen LogP contribution in [0, 0.1) is 11.7 Å². The Balaban J connectivity index is 1.60. The van der Waals surface area contributed by atoms with E-state index in [1.807, 2.05) is 6.07 Å². The van der Waals surface area contributed by atoms with Crippen molar-refractivity contribution in [1.82, 2.24) is 5.32 Å². The van der Waals surface area contributed by atoms with Crippen LogP contribution in [0.25, 0.3) is 0 Å². The highest BCUT2D eigenvalue weighted by atomic mass is 79.9. The average Bonchev–Trinajstić information content (AvgIpc) is 3.18. The number of ether oxygens (including phenoxy) is 1. The number of aliphatic hydroxyl groups is 1. The van der Waals surface area contributed by atoms with E-state index < -0.39 is 6.10 Å². The highest BCUT2D eigenvalue weighted by Crippen LogP contribution is 2.28. The summed E-state index contributed by atoms with van der Waals surface area (Å²) in [6, 6.07) is 5.00. The molecule has 1 aliphatic rings. The molecule has 1 fully saturated rings. The Labute approximate surface area is 121 Å². The lowest BCUT2D eigenvalue weighted by Gasteiger charge is -2.12. The largest absolute Gasteiger partial charge is 0.389 e. The summed E-state index contributed by atoms with van der Waals surface area (Å²) in [7, 11) is 0. The van der Waals surface area contributed by atoms with Gasteiger partial charge in [-0.05, 0) is 52.4 Å². The zero-order valence-electron chi connectivity index (χ0n) is 10.7. The fourth-order valence-electron chi connectivity index (χ4n) is 1.75. The van der Waals surface area contributed by atoms with Crippen LogP contribution in [0.5, 0.6) is 0 Å². The van der Waals surface area contributed by atoms with E-state index in [1.165, 1.54) is 18.9 Å². The minimum absolute atomic E-state index is 0.271. The molecule has 1 unspecified atom stereocenters. The zero-order valence-corrected chi connectivity index (χ0v) is 12.3. The Kier molecular flexibility index (Phi) is 5.76. The molecule has 5 heteroatoms. The number of hydrogen-bond donors (Lipinski definition) is 2. The lowest BCUT2D eigenvalue weighted by molar-refractivity contribution is 0.0324. The third-order valence-corrected chi connectivity index (χ3v) is 3.70. The molecule has 0 aromatic heterocycles. The number of nitrogens with one attached hydrogen (secondary N) is 1. The summed E-state index contributed by atoms with van der Waals surface area (Å²) in [5.41, 5.74) is 0.854. The van der Waals surface area contributed by atoms with Gasteiger partial charge in [0.05, 0.1) is 17.2 Å². The second-order valence-electron chi connectivity index (χ2n) is 5.01. The number of benzene rings is 1. The SMILES string of the molecule is OC(CNCc1ccc(Br)c(F)c1)COCC1CC1. The van der Waals surface area contributed by atoms with Crippen LogP contribution in [-0.2, 0) is 11.3 Å². The fourth-order valence-corrected chi connectivity index (χ4v) is 1.99. The van der Waals surface area contributed by atoms with Crippen molar-refractivity contribution < 1.29 is 14.2 Å². The molecular weight excluding hydrogens is 313 g/mol. The van der Waals surface area contributed by atoms with Gasteiger partial charge in [-0.1, -0.05) is 6.07 Å². The van der Waals surface area contributed by atoms with Gasteiger partial charge in [0.15, 0.2) is 0 Å². The maximum Gasteiger partial charge on any atom is 0.137 e. The van der Waals surface area contributed by atoms with Crippen molar-refractivity contribution >= 4 is 15.9 Å². The second-order valence-corrected chi connectivity index (χ2v) is 5.87. The normalized spacial score (nSPS) is 16.6. The molecule has 1 saturated carbocycles. The minimum atomic E-state index is -0.515. The van der Waals surface area contributed by atoms with Crippen LogP contribution in [0.15, 0.2) is 22.7 Å². The molecule has 0 spiro atoms. The van der Waals surface area contributed by atoms with Crippen molar-refractivity contribution in [2.45, 2.75) is 25.5 Å². The van der Waals surface area contributed by atoms with E-state index in [1.54, 1.807) is 6.07 Å². The highest BCUT2D eigenvalue weighted by Gasteiger charge is 2.21. The summed E-state index contributed by atoms with van der Waals surface area (Å²) in [5, 5.41) is 12.8. The van der Waals surface area contributed by atoms with E-state index in [-0.39, 0.29) is 5.82 Å². The first-order valence-electron chi connectivity index (χ1n) is 6.55. The van der Waals surface area contributed by atoms with Crippen molar-refractivity contribution in [2.75, 3.05) is 19.8 Å². The third-order valence-electron chi connectivity index (χ3n) is 3.05. The summed E-state index contributed by atoms with van der Waals surface area (Å²) >= 11 is 3.11. The molecular formula is C14H19BrFNO2. The fraction of sp³-hybridized carbons (Fsp3) is 0.571. The van der Waals surface area contributed by atoms with Gasteiger partial charge in [0, 0.05) is 19.7 Å². The maximum absolute atomic E-state index is 13.3. The van der Waals surface area contributed by atoms with Gasteiger partial charge in [-0.2, -0.15) is 0 Å². The number of rotatable bonds is 8. The molecule has 1 aliphatic carbocycles. The summed E-state index contributed by atoms with van der Waals surface area (Å²) in [5.74, 6) is 0.443. The first-order valence-corrected chi connectivity index (χ1v) is 7.35. The first-order chi connectivity index (χ1) is 9.15. The molecule has 1 aromatic rings. The van der Waals surface area contributed by atoms with Crippen LogP contribution in [0.1, 0.15) is 18.4 Å². The van der Waals surface area contributed by atoms with Crippen molar-refractivity contribution in [3.8, 4) is 0 Å². The molecule has 0 radical (unpaired) electrons. The lowest BCUT2D eigenvalue weighted by Crippen LogP contribution is -2.30. The van der Waals surface area contributed by atoms with Crippen molar-refractivity contribution in [3.05, 3.63) is 34.1 Å². The Morgan fingerprint density at radius 2 is 2.26 bits per heavy atom. The van der Waals surface area contributed by atoms with Gasteiger partial charge in [-0.3, -0.25) is 0 Å². The van der Waals surface area contributed by atoms with Gasteiger partial charge >= 0.3 is 0 Å². The predicted octanol–water partition coefficient (Wildman–Crippen LogP) is 2.47. The quantitative estimate of drug-likeness (QED) is 0.768.